The molecule has 1 amide bonds. The van der Waals surface area contributed by atoms with Crippen molar-refractivity contribution in [1.29, 1.82) is 0 Å². The normalized spacial score (nSPS) is 17.3. The highest BCUT2D eigenvalue weighted by atomic mass is 32.2. The Morgan fingerprint density at radius 3 is 2.41 bits per heavy atom. The largest absolute Gasteiger partial charge is 0.435 e. The number of nitrogens with zero attached hydrogens (tertiary/aromatic N) is 4. The molecule has 236 valence electrons. The van der Waals surface area contributed by atoms with E-state index in [9.17, 15) is 39.6 Å². The monoisotopic (exact) mass is 642 g/mol. The van der Waals surface area contributed by atoms with E-state index in [1.54, 1.807) is 26.2 Å². The molecular formula is C29H28F6N4O4S. The lowest BCUT2D eigenvalue weighted by Crippen LogP contribution is -2.61. The average molecular weight is 643 g/mol. The smallest absolute Gasteiger partial charge is 0.416 e. The zero-order valence-corrected chi connectivity index (χ0v) is 24.4. The third-order valence-corrected chi connectivity index (χ3v) is 9.31. The van der Waals surface area contributed by atoms with Gasteiger partial charge in [-0.2, -0.15) is 22.0 Å². The maximum atomic E-state index is 14.4. The van der Waals surface area contributed by atoms with E-state index in [0.717, 1.165) is 34.6 Å². The second kappa shape index (κ2) is 11.8. The first-order valence-corrected chi connectivity index (χ1v) is 14.9. The van der Waals surface area contributed by atoms with Gasteiger partial charge in [0.15, 0.2) is 0 Å². The number of likely N-dealkylation sites (N-methyl/N-ethyl adjacent to an activating group) is 1. The van der Waals surface area contributed by atoms with E-state index >= 15 is 0 Å². The van der Waals surface area contributed by atoms with Gasteiger partial charge in [0, 0.05) is 39.8 Å². The van der Waals surface area contributed by atoms with Crippen molar-refractivity contribution in [3.63, 3.8) is 0 Å². The number of hydrogen-bond donors (Lipinski definition) is 0. The van der Waals surface area contributed by atoms with Crippen molar-refractivity contribution in [1.82, 2.24) is 9.80 Å². The second-order valence-corrected chi connectivity index (χ2v) is 12.6. The number of benzene rings is 3. The molecule has 3 aromatic rings. The first-order chi connectivity index (χ1) is 20.6. The van der Waals surface area contributed by atoms with Gasteiger partial charge in [-0.25, -0.2) is 12.8 Å². The fourth-order valence-corrected chi connectivity index (χ4v) is 6.95. The summed E-state index contributed by atoms with van der Waals surface area (Å²) in [6, 6.07) is 10.6. The number of sulfonamides is 1. The Kier molecular flexibility index (Phi) is 8.46. The topological polar surface area (TPSA) is 73.4 Å². The summed E-state index contributed by atoms with van der Waals surface area (Å²) in [4.78, 5) is 17.1. The molecule has 1 atom stereocenters. The quantitative estimate of drug-likeness (QED) is 0.342. The molecule has 0 saturated carbocycles. The van der Waals surface area contributed by atoms with Gasteiger partial charge >= 0.3 is 12.8 Å². The van der Waals surface area contributed by atoms with Crippen LogP contribution in [0.5, 0.6) is 5.75 Å². The first-order valence-electron chi connectivity index (χ1n) is 13.4. The molecule has 15 heteroatoms. The maximum Gasteiger partial charge on any atom is 0.416 e. The number of halogens is 6. The summed E-state index contributed by atoms with van der Waals surface area (Å²) < 4.78 is 114. The fourth-order valence-electron chi connectivity index (χ4n) is 5.39. The highest BCUT2D eigenvalue weighted by Crippen LogP contribution is 2.43. The molecule has 2 aliphatic heterocycles. The second-order valence-electron chi connectivity index (χ2n) is 10.7. The molecule has 1 unspecified atom stereocenters. The molecule has 1 saturated heterocycles. The summed E-state index contributed by atoms with van der Waals surface area (Å²) in [5, 5.41) is 0. The Hall–Kier alpha value is -3.98. The van der Waals surface area contributed by atoms with E-state index in [2.05, 4.69) is 4.74 Å². The lowest BCUT2D eigenvalue weighted by atomic mass is 10.00. The van der Waals surface area contributed by atoms with Gasteiger partial charge < -0.3 is 14.5 Å². The standard InChI is InChI=1S/C29H28F6N4O4S/c1-36(2)27(40)17-37-8-9-38-22(15-37)16-39(44(41,42)24-5-3-4-20(13-24)29(33,34)35)26-12-18(6-7-25(26)38)19-10-21(30)14-23(11-19)43-28(31)32/h3-7,10-14,22,28H,8-9,15-17H2,1-2H3. The van der Waals surface area contributed by atoms with Crippen LogP contribution in [0.1, 0.15) is 5.56 Å². The maximum absolute atomic E-state index is 14.4. The molecule has 0 aliphatic carbocycles. The van der Waals surface area contributed by atoms with Gasteiger partial charge in [0.2, 0.25) is 5.91 Å². The Bertz CT molecular complexity index is 1670. The number of hydrogen-bond acceptors (Lipinski definition) is 6. The van der Waals surface area contributed by atoms with Gasteiger partial charge in [-0.05, 0) is 53.6 Å². The van der Waals surface area contributed by atoms with Crippen molar-refractivity contribution >= 4 is 27.3 Å². The molecule has 2 aliphatic rings. The molecule has 0 bridgehead atoms. The molecule has 2 heterocycles. The van der Waals surface area contributed by atoms with Crippen LogP contribution >= 0.6 is 0 Å². The summed E-state index contributed by atoms with van der Waals surface area (Å²) in [6.07, 6.45) is -4.78. The summed E-state index contributed by atoms with van der Waals surface area (Å²) in [7, 11) is -1.33. The lowest BCUT2D eigenvalue weighted by Gasteiger charge is -2.49. The molecule has 0 N–H and O–H groups in total. The number of alkyl halides is 5. The van der Waals surface area contributed by atoms with Crippen molar-refractivity contribution < 1.29 is 44.3 Å². The van der Waals surface area contributed by atoms with Crippen LogP contribution in [0.15, 0.2) is 65.6 Å². The molecule has 8 nitrogen and oxygen atoms in total. The Balaban J connectivity index is 1.60. The van der Waals surface area contributed by atoms with Crippen LogP contribution in [0.2, 0.25) is 0 Å². The predicted molar refractivity (Wildman–Crippen MR) is 151 cm³/mol. The molecule has 44 heavy (non-hydrogen) atoms. The van der Waals surface area contributed by atoms with Gasteiger partial charge in [-0.15, -0.1) is 0 Å². The van der Waals surface area contributed by atoms with Gasteiger partial charge in [-0.3, -0.25) is 14.0 Å². The van der Waals surface area contributed by atoms with Crippen LogP contribution < -0.4 is 13.9 Å². The van der Waals surface area contributed by atoms with E-state index in [-0.39, 0.29) is 35.8 Å². The number of rotatable bonds is 7. The summed E-state index contributed by atoms with van der Waals surface area (Å²) >= 11 is 0. The Labute approximate surface area is 250 Å². The number of fused-ring (bicyclic) bond motifs is 3. The fraction of sp³-hybridized carbons (Fsp3) is 0.345. The Morgan fingerprint density at radius 1 is 0.977 bits per heavy atom. The number of piperazine rings is 1. The first kappa shape index (κ1) is 31.4. The average Bonchev–Trinajstić information content (AvgIpc) is 2.95. The molecule has 1 fully saturated rings. The van der Waals surface area contributed by atoms with Gasteiger partial charge in [-0.1, -0.05) is 12.1 Å². The molecule has 0 radical (unpaired) electrons. The minimum atomic E-state index is -4.78. The zero-order chi connectivity index (χ0) is 32.0. The van der Waals surface area contributed by atoms with Crippen molar-refractivity contribution in [2.24, 2.45) is 0 Å². The number of ether oxygens (including phenoxy) is 1. The predicted octanol–water partition coefficient (Wildman–Crippen LogP) is 4.90. The van der Waals surface area contributed by atoms with Crippen LogP contribution in [-0.4, -0.2) is 83.6 Å². The van der Waals surface area contributed by atoms with Crippen LogP contribution in [0, 0.1) is 5.82 Å². The number of carbonyl (C=O) groups is 1. The molecule has 0 aromatic heterocycles. The van der Waals surface area contributed by atoms with E-state index in [1.165, 1.54) is 17.0 Å². The minimum Gasteiger partial charge on any atom is -0.435 e. The van der Waals surface area contributed by atoms with Crippen molar-refractivity contribution in [2.45, 2.75) is 23.7 Å². The van der Waals surface area contributed by atoms with Gasteiger partial charge in [0.1, 0.15) is 11.6 Å². The van der Waals surface area contributed by atoms with Crippen molar-refractivity contribution in [2.75, 3.05) is 56.0 Å². The highest BCUT2D eigenvalue weighted by molar-refractivity contribution is 7.92. The van der Waals surface area contributed by atoms with Crippen LogP contribution in [0.25, 0.3) is 11.1 Å². The zero-order valence-electron chi connectivity index (χ0n) is 23.6. The van der Waals surface area contributed by atoms with Crippen LogP contribution in [0.3, 0.4) is 0 Å². The molecule has 5 rings (SSSR count). The summed E-state index contributed by atoms with van der Waals surface area (Å²) in [5.74, 6) is -1.45. The third-order valence-electron chi connectivity index (χ3n) is 7.53. The van der Waals surface area contributed by atoms with Crippen LogP contribution in [0.4, 0.5) is 37.7 Å². The minimum absolute atomic E-state index is 0.103. The summed E-state index contributed by atoms with van der Waals surface area (Å²) in [5.41, 5.74) is -0.174. The lowest BCUT2D eigenvalue weighted by molar-refractivity contribution is -0.137. The van der Waals surface area contributed by atoms with E-state index < -0.39 is 50.9 Å². The van der Waals surface area contributed by atoms with Gasteiger partial charge in [0.25, 0.3) is 10.0 Å². The van der Waals surface area contributed by atoms with Crippen molar-refractivity contribution in [3.05, 3.63) is 72.0 Å². The molecule has 3 aromatic carbocycles. The molecular weight excluding hydrogens is 614 g/mol. The van der Waals surface area contributed by atoms with Crippen LogP contribution in [-0.2, 0) is 21.0 Å². The number of anilines is 2. The SMILES string of the molecule is CN(C)C(=O)CN1CCN2c3ccc(-c4cc(F)cc(OC(F)F)c4)cc3N(S(=O)(=O)c3cccc(C(F)(F)F)c3)CC2C1. The third kappa shape index (κ3) is 6.43. The van der Waals surface area contributed by atoms with E-state index in [4.69, 9.17) is 0 Å². The Morgan fingerprint density at radius 2 is 1.73 bits per heavy atom. The van der Waals surface area contributed by atoms with E-state index in [1.807, 2.05) is 9.80 Å². The van der Waals surface area contributed by atoms with Gasteiger partial charge in [0.05, 0.1) is 41.0 Å². The number of amides is 1. The number of carbonyl (C=O) groups excluding carboxylic acids is 1. The van der Waals surface area contributed by atoms with Crippen molar-refractivity contribution in [3.8, 4) is 16.9 Å². The molecule has 0 spiro atoms. The summed E-state index contributed by atoms with van der Waals surface area (Å²) in [6.45, 7) is -2.06. The highest BCUT2D eigenvalue weighted by Gasteiger charge is 2.41. The van der Waals surface area contributed by atoms with E-state index in [0.29, 0.717) is 31.4 Å².